The van der Waals surface area contributed by atoms with Gasteiger partial charge in [0.2, 0.25) is 0 Å². The van der Waals surface area contributed by atoms with Crippen LogP contribution in [0.1, 0.15) is 20.8 Å². The van der Waals surface area contributed by atoms with Crippen LogP contribution in [0.25, 0.3) is 0 Å². The summed E-state index contributed by atoms with van der Waals surface area (Å²) in [5, 5.41) is 7.42. The van der Waals surface area contributed by atoms with Gasteiger partial charge in [-0.1, -0.05) is 0 Å². The fourth-order valence-corrected chi connectivity index (χ4v) is 0. The van der Waals surface area contributed by atoms with Gasteiger partial charge in [0.05, 0.1) is 0 Å². The molecule has 0 spiro atoms. The molecule has 0 aromatic rings. The van der Waals surface area contributed by atoms with Crippen molar-refractivity contribution < 1.29 is 31.5 Å². The molecule has 1 N–H and O–H groups in total. The molecule has 0 aliphatic rings. The summed E-state index contributed by atoms with van der Waals surface area (Å²) in [4.78, 5) is 18.4. The fourth-order valence-electron chi connectivity index (χ4n) is 0. The van der Waals surface area contributed by atoms with Crippen LogP contribution in [-0.2, 0) is 26.4 Å². The Morgan fingerprint density at radius 2 is 1.11 bits per heavy atom. The zero-order valence-corrected chi connectivity index (χ0v) is 6.64. The van der Waals surface area contributed by atoms with Crippen molar-refractivity contribution in [2.75, 3.05) is 0 Å². The molecule has 0 fully saturated rings. The van der Waals surface area contributed by atoms with E-state index in [-0.39, 0.29) is 22.6 Å². The molecule has 9 heavy (non-hydrogen) atoms. The van der Waals surface area contributed by atoms with Crippen molar-refractivity contribution in [1.29, 1.82) is 0 Å². The molecule has 0 atom stereocenters. The molecule has 0 heterocycles. The van der Waals surface area contributed by atoms with Crippen LogP contribution in [-0.4, -0.2) is 16.9 Å². The Balaban J connectivity index is -0.0000000720. The summed E-state index contributed by atoms with van der Waals surface area (Å²) in [5.41, 5.74) is 0. The molecule has 0 amide bonds. The molecule has 0 aliphatic heterocycles. The standard InChI is InChI=1S/C3H6O.C2H4O2.Co/c1-3(2)4;1-2(3)4;/h1-2H3;1H3,(H,3,4);. The third kappa shape index (κ3) is 1950. The maximum atomic E-state index is 9.44. The Hall–Kier alpha value is -0.354. The van der Waals surface area contributed by atoms with E-state index in [0.717, 1.165) is 6.92 Å². The van der Waals surface area contributed by atoms with Crippen LogP contribution in [0.5, 0.6) is 0 Å². The van der Waals surface area contributed by atoms with E-state index in [0.29, 0.717) is 0 Å². The van der Waals surface area contributed by atoms with Crippen molar-refractivity contribution in [2.45, 2.75) is 20.8 Å². The van der Waals surface area contributed by atoms with Gasteiger partial charge < -0.3 is 9.90 Å². The minimum absolute atomic E-state index is 0. The van der Waals surface area contributed by atoms with Crippen LogP contribution in [0.2, 0.25) is 0 Å². The normalized spacial score (nSPS) is 5.67. The van der Waals surface area contributed by atoms with Crippen LogP contribution >= 0.6 is 0 Å². The van der Waals surface area contributed by atoms with Crippen LogP contribution in [0.15, 0.2) is 0 Å². The molecule has 1 radical (unpaired) electrons. The van der Waals surface area contributed by atoms with E-state index >= 15 is 0 Å². The van der Waals surface area contributed by atoms with E-state index in [4.69, 9.17) is 9.90 Å². The predicted molar refractivity (Wildman–Crippen MR) is 29.7 cm³/mol. The molecular formula is C5H10CoO3. The zero-order chi connectivity index (χ0) is 7.15. The van der Waals surface area contributed by atoms with E-state index in [2.05, 4.69) is 0 Å². The summed E-state index contributed by atoms with van der Waals surface area (Å²) in [6.45, 7) is 4.14. The van der Waals surface area contributed by atoms with Crippen molar-refractivity contribution >= 4 is 11.8 Å². The van der Waals surface area contributed by atoms with Gasteiger partial charge in [-0.3, -0.25) is 4.79 Å². The van der Waals surface area contributed by atoms with Crippen LogP contribution in [0.3, 0.4) is 0 Å². The number of hydrogen-bond acceptors (Lipinski definition) is 2. The first-order valence-electron chi connectivity index (χ1n) is 2.13. The molecule has 0 aromatic heterocycles. The second-order valence-electron chi connectivity index (χ2n) is 1.43. The van der Waals surface area contributed by atoms with Gasteiger partial charge in [-0.2, -0.15) is 0 Å². The molecule has 0 unspecified atom stereocenters. The van der Waals surface area contributed by atoms with E-state index in [9.17, 15) is 4.79 Å². The van der Waals surface area contributed by atoms with Crippen molar-refractivity contribution in [2.24, 2.45) is 0 Å². The molecule has 0 saturated heterocycles. The molecule has 0 rings (SSSR count). The summed E-state index contributed by atoms with van der Waals surface area (Å²) < 4.78 is 0. The number of aliphatic carboxylic acids is 1. The third-order valence-corrected chi connectivity index (χ3v) is 0. The quantitative estimate of drug-likeness (QED) is 0.592. The van der Waals surface area contributed by atoms with Crippen molar-refractivity contribution in [3.8, 4) is 0 Å². The minimum Gasteiger partial charge on any atom is -0.481 e. The molecular weight excluding hydrogens is 167 g/mol. The van der Waals surface area contributed by atoms with Gasteiger partial charge in [0, 0.05) is 23.7 Å². The Kier molecular flexibility index (Phi) is 18.7. The number of rotatable bonds is 0. The first-order chi connectivity index (χ1) is 3.46. The molecule has 0 aliphatic carbocycles. The molecule has 57 valence electrons. The van der Waals surface area contributed by atoms with Gasteiger partial charge in [0.15, 0.2) is 0 Å². The Bertz CT molecular complexity index is 70.2. The monoisotopic (exact) mass is 177 g/mol. The summed E-state index contributed by atoms with van der Waals surface area (Å²) in [5.74, 6) is -0.667. The molecule has 0 saturated carbocycles. The maximum absolute atomic E-state index is 9.44. The molecule has 0 aromatic carbocycles. The van der Waals surface area contributed by atoms with Crippen LogP contribution < -0.4 is 0 Å². The van der Waals surface area contributed by atoms with E-state index in [1.807, 2.05) is 0 Å². The molecule has 0 bridgehead atoms. The zero-order valence-electron chi connectivity index (χ0n) is 5.60. The maximum Gasteiger partial charge on any atom is 0.300 e. The van der Waals surface area contributed by atoms with Crippen LogP contribution in [0.4, 0.5) is 0 Å². The first-order valence-corrected chi connectivity index (χ1v) is 2.13. The van der Waals surface area contributed by atoms with Gasteiger partial charge >= 0.3 is 0 Å². The van der Waals surface area contributed by atoms with E-state index < -0.39 is 5.97 Å². The largest absolute Gasteiger partial charge is 0.481 e. The summed E-state index contributed by atoms with van der Waals surface area (Å²) in [7, 11) is 0. The van der Waals surface area contributed by atoms with Gasteiger partial charge in [-0.25, -0.2) is 0 Å². The number of carbonyl (C=O) groups excluding carboxylic acids is 1. The van der Waals surface area contributed by atoms with Crippen molar-refractivity contribution in [1.82, 2.24) is 0 Å². The smallest absolute Gasteiger partial charge is 0.300 e. The van der Waals surface area contributed by atoms with Gasteiger partial charge in [-0.05, 0) is 13.8 Å². The van der Waals surface area contributed by atoms with Gasteiger partial charge in [0.25, 0.3) is 5.97 Å². The Morgan fingerprint density at radius 1 is 1.11 bits per heavy atom. The second kappa shape index (κ2) is 10.6. The Labute approximate surface area is 64.6 Å². The number of ketones is 1. The SMILES string of the molecule is CC(=O)O.CC(C)=O.[Co]. The second-order valence-corrected chi connectivity index (χ2v) is 1.43. The van der Waals surface area contributed by atoms with E-state index in [1.54, 1.807) is 0 Å². The van der Waals surface area contributed by atoms with Crippen LogP contribution in [0, 0.1) is 0 Å². The number of Topliss-reactive ketones (excluding diaryl/α,β-unsaturated/α-hetero) is 1. The van der Waals surface area contributed by atoms with Gasteiger partial charge in [0.1, 0.15) is 5.78 Å². The van der Waals surface area contributed by atoms with Crippen molar-refractivity contribution in [3.63, 3.8) is 0 Å². The first kappa shape index (κ1) is 15.9. The van der Waals surface area contributed by atoms with Gasteiger partial charge in [-0.15, -0.1) is 0 Å². The molecule has 3 nitrogen and oxygen atoms in total. The topological polar surface area (TPSA) is 54.4 Å². The Morgan fingerprint density at radius 3 is 1.11 bits per heavy atom. The van der Waals surface area contributed by atoms with Crippen molar-refractivity contribution in [3.05, 3.63) is 0 Å². The van der Waals surface area contributed by atoms with E-state index in [1.165, 1.54) is 13.8 Å². The minimum atomic E-state index is -0.833. The number of carbonyl (C=O) groups is 2. The fraction of sp³-hybridized carbons (Fsp3) is 0.600. The third-order valence-electron chi connectivity index (χ3n) is 0. The summed E-state index contributed by atoms with van der Waals surface area (Å²) in [6, 6.07) is 0. The number of carboxylic acids is 1. The predicted octanol–water partition coefficient (Wildman–Crippen LogP) is 0.684. The average Bonchev–Trinajstić information content (AvgIpc) is 1.25. The summed E-state index contributed by atoms with van der Waals surface area (Å²) in [6.07, 6.45) is 0. The molecule has 4 heteroatoms. The average molecular weight is 177 g/mol. The number of carboxylic acid groups (broad SMARTS) is 1. The number of hydrogen-bond donors (Lipinski definition) is 1. The summed E-state index contributed by atoms with van der Waals surface area (Å²) >= 11 is 0.